The van der Waals surface area contributed by atoms with Crippen molar-refractivity contribution in [3.63, 3.8) is 0 Å². The number of fused-ring (bicyclic) bond motifs is 4. The molecule has 0 unspecified atom stereocenters. The average Bonchev–Trinajstić information content (AvgIpc) is 3.57. The molecule has 7 rings (SSSR count). The summed E-state index contributed by atoms with van der Waals surface area (Å²) < 4.78 is 47.7. The van der Waals surface area contributed by atoms with Gasteiger partial charge in [-0.2, -0.15) is 9.97 Å². The smallest absolute Gasteiger partial charge is 0.410 e. The highest BCUT2D eigenvalue weighted by atomic mass is 35.5. The van der Waals surface area contributed by atoms with Gasteiger partial charge in [-0.15, -0.1) is 0 Å². The Bertz CT molecular complexity index is 1430. The Labute approximate surface area is 267 Å². The first kappa shape index (κ1) is 31.0. The van der Waals surface area contributed by atoms with Gasteiger partial charge in [0.25, 0.3) is 0 Å². The summed E-state index contributed by atoms with van der Waals surface area (Å²) in [6.45, 7) is 12.2. The number of anilines is 1. The Balaban J connectivity index is 1.13. The summed E-state index contributed by atoms with van der Waals surface area (Å²) in [5.41, 5.74) is -1.04. The van der Waals surface area contributed by atoms with Gasteiger partial charge in [-0.3, -0.25) is 14.7 Å². The molecule has 5 aliphatic heterocycles. The largest absolute Gasteiger partial charge is 0.461 e. The maximum Gasteiger partial charge on any atom is 0.410 e. The Morgan fingerprint density at radius 1 is 1.11 bits per heavy atom. The zero-order valence-corrected chi connectivity index (χ0v) is 26.9. The van der Waals surface area contributed by atoms with Gasteiger partial charge in [0, 0.05) is 58.4 Å². The summed E-state index contributed by atoms with van der Waals surface area (Å²) in [4.78, 5) is 34.9. The average molecular weight is 650 g/mol. The molecule has 1 amide bonds. The summed E-state index contributed by atoms with van der Waals surface area (Å²) in [5, 5.41) is 0.140. The molecule has 0 N–H and O–H groups in total. The topological polar surface area (TPSA) is 96.4 Å². The van der Waals surface area contributed by atoms with Crippen LogP contribution in [0.15, 0.2) is 6.20 Å². The van der Waals surface area contributed by atoms with Crippen LogP contribution >= 0.6 is 11.6 Å². The number of morpholine rings is 1. The minimum Gasteiger partial charge on any atom is -0.461 e. The molecule has 7 heterocycles. The minimum atomic E-state index is -0.926. The number of pyridine rings is 1. The molecule has 0 radical (unpaired) electrons. The van der Waals surface area contributed by atoms with Crippen LogP contribution in [0.3, 0.4) is 0 Å². The fraction of sp³-hybridized carbons (Fsp3) is 0.742. The van der Waals surface area contributed by atoms with Gasteiger partial charge < -0.3 is 19.1 Å². The lowest BCUT2D eigenvalue weighted by atomic mass is 9.90. The lowest BCUT2D eigenvalue weighted by molar-refractivity contribution is 0.0122. The molecule has 14 heteroatoms. The highest BCUT2D eigenvalue weighted by Crippen LogP contribution is 2.44. The van der Waals surface area contributed by atoms with E-state index in [1.165, 1.54) is 6.20 Å². The monoisotopic (exact) mass is 649 g/mol. The van der Waals surface area contributed by atoms with Crippen LogP contribution in [-0.4, -0.2) is 131 Å². The Morgan fingerprint density at radius 2 is 1.84 bits per heavy atom. The molecule has 0 spiro atoms. The van der Waals surface area contributed by atoms with Crippen molar-refractivity contribution in [2.45, 2.75) is 75.8 Å². The van der Waals surface area contributed by atoms with Gasteiger partial charge in [-0.25, -0.2) is 18.6 Å². The number of ether oxygens (including phenoxy) is 3. The second kappa shape index (κ2) is 11.9. The molecule has 246 valence electrons. The molecule has 0 aromatic carbocycles. The van der Waals surface area contributed by atoms with Crippen molar-refractivity contribution in [3.8, 4) is 6.01 Å². The normalized spacial score (nSPS) is 30.7. The highest BCUT2D eigenvalue weighted by Gasteiger charge is 2.53. The molecule has 0 saturated carbocycles. The molecule has 5 aliphatic rings. The van der Waals surface area contributed by atoms with E-state index in [4.69, 9.17) is 30.8 Å². The predicted molar refractivity (Wildman–Crippen MR) is 164 cm³/mol. The summed E-state index contributed by atoms with van der Waals surface area (Å²) >= 11 is 6.09. The maximum atomic E-state index is 15.4. The summed E-state index contributed by atoms with van der Waals surface area (Å²) in [6.07, 6.45) is 3.10. The number of carbonyl (C=O) groups is 1. The number of hydrogen-bond donors (Lipinski definition) is 0. The number of amides is 1. The molecule has 2 aromatic heterocycles. The molecule has 5 saturated heterocycles. The van der Waals surface area contributed by atoms with Gasteiger partial charge in [0.2, 0.25) is 0 Å². The zero-order chi connectivity index (χ0) is 31.5. The number of carbonyl (C=O) groups excluding carboxylic acids is 1. The van der Waals surface area contributed by atoms with Crippen molar-refractivity contribution >= 4 is 34.4 Å². The van der Waals surface area contributed by atoms with Gasteiger partial charge in [-0.1, -0.05) is 11.6 Å². The molecular formula is C31H42ClF2N7O4. The van der Waals surface area contributed by atoms with Crippen LogP contribution in [-0.2, 0) is 9.47 Å². The summed E-state index contributed by atoms with van der Waals surface area (Å²) in [5.74, 6) is 0.139. The van der Waals surface area contributed by atoms with Crippen molar-refractivity contribution in [1.29, 1.82) is 0 Å². The SMILES string of the molecule is CC(C)(C)OC(=O)N1[C@@H]2CC[C@H]1CN(c1nc(OC[C@]34C[C@@H](F)CN3C[C@@H](CN3CCOCC3)C4)nc3c(F)c(Cl)ncc13)C2. The van der Waals surface area contributed by atoms with E-state index >= 15 is 4.39 Å². The van der Waals surface area contributed by atoms with E-state index in [0.717, 1.165) is 58.7 Å². The van der Waals surface area contributed by atoms with E-state index in [0.29, 0.717) is 43.2 Å². The lowest BCUT2D eigenvalue weighted by Crippen LogP contribution is -2.57. The van der Waals surface area contributed by atoms with Gasteiger partial charge in [0.1, 0.15) is 29.7 Å². The van der Waals surface area contributed by atoms with E-state index in [1.807, 2.05) is 25.7 Å². The Morgan fingerprint density at radius 3 is 2.56 bits per heavy atom. The van der Waals surface area contributed by atoms with Crippen LogP contribution in [0.4, 0.5) is 19.4 Å². The van der Waals surface area contributed by atoms with Gasteiger partial charge in [0.05, 0.1) is 36.2 Å². The number of halogens is 3. The molecule has 5 atom stereocenters. The first-order valence-corrected chi connectivity index (χ1v) is 16.5. The van der Waals surface area contributed by atoms with Crippen molar-refractivity contribution in [2.75, 3.05) is 70.5 Å². The van der Waals surface area contributed by atoms with Crippen LogP contribution < -0.4 is 9.64 Å². The third-order valence-corrected chi connectivity index (χ3v) is 10.2. The lowest BCUT2D eigenvalue weighted by Gasteiger charge is -2.42. The van der Waals surface area contributed by atoms with Crippen LogP contribution in [0.2, 0.25) is 5.15 Å². The number of piperazine rings is 1. The molecule has 5 fully saturated rings. The summed E-state index contributed by atoms with van der Waals surface area (Å²) in [7, 11) is 0. The van der Waals surface area contributed by atoms with E-state index in [-0.39, 0.29) is 41.5 Å². The Kier molecular flexibility index (Phi) is 8.19. The third-order valence-electron chi connectivity index (χ3n) is 9.92. The Hall–Kier alpha value is -2.61. The first-order valence-electron chi connectivity index (χ1n) is 16.1. The number of alkyl halides is 1. The van der Waals surface area contributed by atoms with Crippen LogP contribution in [0.25, 0.3) is 10.9 Å². The van der Waals surface area contributed by atoms with Gasteiger partial charge in [-0.05, 0) is 46.0 Å². The van der Waals surface area contributed by atoms with Gasteiger partial charge in [0.15, 0.2) is 11.0 Å². The minimum absolute atomic E-state index is 0.0221. The van der Waals surface area contributed by atoms with Crippen molar-refractivity contribution < 1.29 is 27.8 Å². The second-order valence-electron chi connectivity index (χ2n) is 14.3. The standard InChI is InChI=1S/C31H42ClF2N7O4/c1-30(2,3)45-29(42)41-21-4-5-22(41)17-39(16-21)27-23-12-35-26(32)24(34)25(23)36-28(37-27)44-18-31-10-19(13-38-6-8-43-9-7-38)14-40(31)15-20(33)11-31/h12,19-22H,4-11,13-18H2,1-3H3/t19-,20-,21-,22+,31+/m1/s1. The molecule has 0 aliphatic carbocycles. The molecule has 2 aromatic rings. The number of nitrogens with zero attached hydrogens (tertiary/aromatic N) is 7. The van der Waals surface area contributed by atoms with Crippen molar-refractivity contribution in [2.24, 2.45) is 5.92 Å². The molecule has 2 bridgehead atoms. The summed E-state index contributed by atoms with van der Waals surface area (Å²) in [6, 6.07) is -0.131. The maximum absolute atomic E-state index is 15.4. The molecular weight excluding hydrogens is 608 g/mol. The molecule has 11 nitrogen and oxygen atoms in total. The number of rotatable bonds is 6. The zero-order valence-electron chi connectivity index (χ0n) is 26.2. The molecule has 45 heavy (non-hydrogen) atoms. The van der Waals surface area contributed by atoms with E-state index < -0.39 is 23.1 Å². The van der Waals surface area contributed by atoms with Crippen LogP contribution in [0, 0.1) is 11.7 Å². The first-order chi connectivity index (χ1) is 21.5. The van der Waals surface area contributed by atoms with Crippen LogP contribution in [0.5, 0.6) is 6.01 Å². The quantitative estimate of drug-likeness (QED) is 0.429. The van der Waals surface area contributed by atoms with Crippen LogP contribution in [0.1, 0.15) is 46.5 Å². The van der Waals surface area contributed by atoms with Gasteiger partial charge >= 0.3 is 12.1 Å². The van der Waals surface area contributed by atoms with E-state index in [1.54, 1.807) is 0 Å². The third kappa shape index (κ3) is 6.13. The van der Waals surface area contributed by atoms with Crippen molar-refractivity contribution in [1.82, 2.24) is 29.7 Å². The fourth-order valence-corrected chi connectivity index (χ4v) is 8.24. The number of aromatic nitrogens is 3. The van der Waals surface area contributed by atoms with Crippen molar-refractivity contribution in [3.05, 3.63) is 17.2 Å². The van der Waals surface area contributed by atoms with E-state index in [9.17, 15) is 9.18 Å². The predicted octanol–water partition coefficient (Wildman–Crippen LogP) is 3.92. The number of hydrogen-bond acceptors (Lipinski definition) is 10. The fourth-order valence-electron chi connectivity index (χ4n) is 8.11. The van der Waals surface area contributed by atoms with E-state index in [2.05, 4.69) is 24.7 Å². The second-order valence-corrected chi connectivity index (χ2v) is 14.7. The highest BCUT2D eigenvalue weighted by molar-refractivity contribution is 6.30.